The van der Waals surface area contributed by atoms with Crippen molar-refractivity contribution in [3.8, 4) is 0 Å². The molecule has 1 aliphatic carbocycles. The van der Waals surface area contributed by atoms with Crippen molar-refractivity contribution < 1.29 is 9.53 Å². The monoisotopic (exact) mass is 367 g/mol. The second-order valence-electron chi connectivity index (χ2n) is 7.09. The zero-order valence-corrected chi connectivity index (χ0v) is 16.3. The molecule has 8 heteroatoms. The lowest BCUT2D eigenvalue weighted by atomic mass is 10.2. The Hall–Kier alpha value is -1.28. The number of thioether (sulfide) groups is 1. The van der Waals surface area contributed by atoms with Crippen LogP contribution in [0.1, 0.15) is 33.6 Å². The number of aromatic nitrogens is 3. The molecule has 3 rings (SSSR count). The standard InChI is InChI=1S/C17H29N5O2S/c1-4-21(14-5-6-14)15(23)12-25-17-19-18-16(22(17)11-13(2)3)20-7-9-24-10-8-20/h13-14H,4-12H2,1-3H3. The van der Waals surface area contributed by atoms with Crippen molar-refractivity contribution >= 4 is 23.6 Å². The highest BCUT2D eigenvalue weighted by molar-refractivity contribution is 7.99. The van der Waals surface area contributed by atoms with Gasteiger partial charge >= 0.3 is 0 Å². The molecule has 1 aliphatic heterocycles. The van der Waals surface area contributed by atoms with Gasteiger partial charge in [-0.15, -0.1) is 10.2 Å². The molecule has 0 atom stereocenters. The van der Waals surface area contributed by atoms with E-state index >= 15 is 0 Å². The van der Waals surface area contributed by atoms with E-state index in [-0.39, 0.29) is 5.91 Å². The topological polar surface area (TPSA) is 63.5 Å². The molecule has 0 unspecified atom stereocenters. The first-order valence-electron chi connectivity index (χ1n) is 9.28. The summed E-state index contributed by atoms with van der Waals surface area (Å²) in [6.07, 6.45) is 2.30. The van der Waals surface area contributed by atoms with Crippen molar-refractivity contribution in [2.24, 2.45) is 5.92 Å². The zero-order valence-electron chi connectivity index (χ0n) is 15.5. The summed E-state index contributed by atoms with van der Waals surface area (Å²) in [6, 6.07) is 0.468. The van der Waals surface area contributed by atoms with Gasteiger partial charge in [0.05, 0.1) is 19.0 Å². The third kappa shape index (κ3) is 4.67. The van der Waals surface area contributed by atoms with Gasteiger partial charge in [-0.2, -0.15) is 0 Å². The molecule has 1 saturated carbocycles. The van der Waals surface area contributed by atoms with Crippen LogP contribution < -0.4 is 4.90 Å². The van der Waals surface area contributed by atoms with E-state index in [0.29, 0.717) is 17.7 Å². The van der Waals surface area contributed by atoms with Crippen molar-refractivity contribution in [1.29, 1.82) is 0 Å². The number of morpholine rings is 1. The van der Waals surface area contributed by atoms with E-state index in [4.69, 9.17) is 4.74 Å². The quantitative estimate of drug-likeness (QED) is 0.654. The van der Waals surface area contributed by atoms with Crippen LogP contribution >= 0.6 is 11.8 Å². The van der Waals surface area contributed by atoms with Gasteiger partial charge in [0.2, 0.25) is 11.9 Å². The summed E-state index contributed by atoms with van der Waals surface area (Å²) < 4.78 is 7.61. The number of rotatable bonds is 8. The van der Waals surface area contributed by atoms with Crippen molar-refractivity contribution in [2.45, 2.75) is 51.4 Å². The van der Waals surface area contributed by atoms with E-state index in [9.17, 15) is 4.79 Å². The van der Waals surface area contributed by atoms with Gasteiger partial charge < -0.3 is 14.5 Å². The summed E-state index contributed by atoms with van der Waals surface area (Å²) >= 11 is 1.51. The Morgan fingerprint density at radius 3 is 2.64 bits per heavy atom. The van der Waals surface area contributed by atoms with Crippen LogP contribution in [0.2, 0.25) is 0 Å². The average Bonchev–Trinajstić information content (AvgIpc) is 3.36. The fourth-order valence-corrected chi connectivity index (χ4v) is 3.97. The first-order valence-corrected chi connectivity index (χ1v) is 10.3. The molecule has 0 spiro atoms. The highest BCUT2D eigenvalue weighted by Crippen LogP contribution is 2.29. The lowest BCUT2D eigenvalue weighted by molar-refractivity contribution is -0.128. The van der Waals surface area contributed by atoms with Crippen LogP contribution in [0.5, 0.6) is 0 Å². The van der Waals surface area contributed by atoms with Crippen LogP contribution in [0.3, 0.4) is 0 Å². The Morgan fingerprint density at radius 1 is 1.32 bits per heavy atom. The second kappa shape index (κ2) is 8.40. The Kier molecular flexibility index (Phi) is 6.22. The molecule has 0 bridgehead atoms. The van der Waals surface area contributed by atoms with E-state index in [1.54, 1.807) is 0 Å². The van der Waals surface area contributed by atoms with Gasteiger partial charge in [0.1, 0.15) is 0 Å². The van der Waals surface area contributed by atoms with Gasteiger partial charge in [-0.1, -0.05) is 25.6 Å². The van der Waals surface area contributed by atoms with Crippen LogP contribution in [0.25, 0.3) is 0 Å². The Bertz CT molecular complexity index is 582. The molecule has 2 aliphatic rings. The van der Waals surface area contributed by atoms with E-state index < -0.39 is 0 Å². The maximum atomic E-state index is 12.5. The average molecular weight is 368 g/mol. The normalized spacial score (nSPS) is 18.0. The van der Waals surface area contributed by atoms with Gasteiger partial charge in [-0.3, -0.25) is 9.36 Å². The number of hydrogen-bond acceptors (Lipinski definition) is 6. The number of hydrogen-bond donors (Lipinski definition) is 0. The van der Waals surface area contributed by atoms with E-state index in [1.807, 2.05) is 4.90 Å². The minimum atomic E-state index is 0.210. The molecule has 2 fully saturated rings. The molecule has 1 saturated heterocycles. The van der Waals surface area contributed by atoms with Gasteiger partial charge in [0.25, 0.3) is 0 Å². The lowest BCUT2D eigenvalue weighted by Crippen LogP contribution is -2.38. The predicted molar refractivity (Wildman–Crippen MR) is 99.0 cm³/mol. The van der Waals surface area contributed by atoms with Crippen LogP contribution in [-0.4, -0.2) is 70.2 Å². The smallest absolute Gasteiger partial charge is 0.233 e. The lowest BCUT2D eigenvalue weighted by Gasteiger charge is -2.28. The van der Waals surface area contributed by atoms with Gasteiger partial charge in [-0.25, -0.2) is 0 Å². The van der Waals surface area contributed by atoms with Crippen molar-refractivity contribution in [3.05, 3.63) is 0 Å². The Morgan fingerprint density at radius 2 is 2.04 bits per heavy atom. The maximum absolute atomic E-state index is 12.5. The SMILES string of the molecule is CCN(C(=O)CSc1nnc(N2CCOCC2)n1CC(C)C)C1CC1. The second-order valence-corrected chi connectivity index (χ2v) is 8.03. The van der Waals surface area contributed by atoms with Gasteiger partial charge in [0, 0.05) is 32.2 Å². The Balaban J connectivity index is 1.69. The predicted octanol–water partition coefficient (Wildman–Crippen LogP) is 1.87. The maximum Gasteiger partial charge on any atom is 0.233 e. The number of anilines is 1. The van der Waals surface area contributed by atoms with Crippen molar-refractivity contribution in [2.75, 3.05) is 43.5 Å². The first-order chi connectivity index (χ1) is 12.1. The fraction of sp³-hybridized carbons (Fsp3) is 0.824. The number of carbonyl (C=O) groups excluding carboxylic acids is 1. The molecule has 2 heterocycles. The number of ether oxygens (including phenoxy) is 1. The highest BCUT2D eigenvalue weighted by atomic mass is 32.2. The Labute approximate surface area is 154 Å². The highest BCUT2D eigenvalue weighted by Gasteiger charge is 2.31. The molecular formula is C17H29N5O2S. The molecule has 25 heavy (non-hydrogen) atoms. The van der Waals surface area contributed by atoms with Crippen molar-refractivity contribution in [3.63, 3.8) is 0 Å². The summed E-state index contributed by atoms with van der Waals surface area (Å²) in [4.78, 5) is 16.7. The van der Waals surface area contributed by atoms with E-state index in [2.05, 4.69) is 40.4 Å². The minimum absolute atomic E-state index is 0.210. The van der Waals surface area contributed by atoms with E-state index in [1.165, 1.54) is 11.8 Å². The number of amides is 1. The van der Waals surface area contributed by atoms with Crippen LogP contribution in [0.15, 0.2) is 5.16 Å². The summed E-state index contributed by atoms with van der Waals surface area (Å²) in [6.45, 7) is 11.2. The first kappa shape index (κ1) is 18.5. The largest absolute Gasteiger partial charge is 0.378 e. The third-order valence-electron chi connectivity index (χ3n) is 4.51. The van der Waals surface area contributed by atoms with Gasteiger partial charge in [-0.05, 0) is 25.7 Å². The zero-order chi connectivity index (χ0) is 17.8. The van der Waals surface area contributed by atoms with Crippen LogP contribution in [0, 0.1) is 5.92 Å². The van der Waals surface area contributed by atoms with Gasteiger partial charge in [0.15, 0.2) is 5.16 Å². The summed E-state index contributed by atoms with van der Waals surface area (Å²) in [7, 11) is 0. The third-order valence-corrected chi connectivity index (χ3v) is 5.46. The van der Waals surface area contributed by atoms with E-state index in [0.717, 1.165) is 63.3 Å². The number of nitrogens with zero attached hydrogens (tertiary/aromatic N) is 5. The molecule has 7 nitrogen and oxygen atoms in total. The summed E-state index contributed by atoms with van der Waals surface area (Å²) in [5, 5.41) is 9.65. The van der Waals surface area contributed by atoms with Crippen LogP contribution in [-0.2, 0) is 16.1 Å². The minimum Gasteiger partial charge on any atom is -0.378 e. The molecule has 0 N–H and O–H groups in total. The summed E-state index contributed by atoms with van der Waals surface area (Å²) in [5.74, 6) is 2.04. The van der Waals surface area contributed by atoms with Crippen LogP contribution in [0.4, 0.5) is 5.95 Å². The molecule has 0 aromatic carbocycles. The molecular weight excluding hydrogens is 338 g/mol. The molecule has 140 valence electrons. The fourth-order valence-electron chi connectivity index (χ4n) is 3.14. The molecule has 1 aromatic rings. The molecule has 0 radical (unpaired) electrons. The molecule has 1 amide bonds. The van der Waals surface area contributed by atoms with Crippen molar-refractivity contribution in [1.82, 2.24) is 19.7 Å². The molecule has 1 aromatic heterocycles. The number of carbonyl (C=O) groups is 1. The summed E-state index contributed by atoms with van der Waals surface area (Å²) in [5.41, 5.74) is 0.